The number of anilines is 1. The van der Waals surface area contributed by atoms with Gasteiger partial charge in [0.25, 0.3) is 11.9 Å². The van der Waals surface area contributed by atoms with E-state index in [1.165, 1.54) is 19.2 Å². The molecule has 0 aliphatic carbocycles. The van der Waals surface area contributed by atoms with Gasteiger partial charge in [-0.05, 0) is 24.6 Å². The minimum atomic E-state index is -1.74. The molecule has 0 spiro atoms. The quantitative estimate of drug-likeness (QED) is 0.612. The molecule has 2 aromatic rings. The SMILES string of the molecule is CCOc1c(Cl)cc(CNc2c(F)c(F)nc(F)c2F)cc1OC. The highest BCUT2D eigenvalue weighted by molar-refractivity contribution is 6.32. The third-order valence-corrected chi connectivity index (χ3v) is 3.33. The first-order valence-electron chi connectivity index (χ1n) is 6.82. The number of nitrogens with zero attached hydrogens (tertiary/aromatic N) is 1. The topological polar surface area (TPSA) is 43.4 Å². The van der Waals surface area contributed by atoms with E-state index in [1.54, 1.807) is 6.92 Å². The molecule has 24 heavy (non-hydrogen) atoms. The second-order valence-electron chi connectivity index (χ2n) is 4.59. The molecular weight excluding hydrogens is 352 g/mol. The monoisotopic (exact) mass is 364 g/mol. The molecule has 0 amide bonds. The molecule has 1 aromatic carbocycles. The van der Waals surface area contributed by atoms with Gasteiger partial charge in [-0.15, -0.1) is 0 Å². The maximum Gasteiger partial charge on any atom is 0.253 e. The number of rotatable bonds is 6. The van der Waals surface area contributed by atoms with Gasteiger partial charge in [0.1, 0.15) is 5.69 Å². The number of pyridine rings is 1. The van der Waals surface area contributed by atoms with E-state index in [9.17, 15) is 17.6 Å². The normalized spacial score (nSPS) is 10.6. The van der Waals surface area contributed by atoms with Gasteiger partial charge in [0.2, 0.25) is 11.6 Å². The predicted molar refractivity (Wildman–Crippen MR) is 80.6 cm³/mol. The fourth-order valence-corrected chi connectivity index (χ4v) is 2.28. The van der Waals surface area contributed by atoms with Crippen molar-refractivity contribution in [2.75, 3.05) is 19.0 Å². The van der Waals surface area contributed by atoms with Crippen LogP contribution in [0.1, 0.15) is 12.5 Å². The number of benzene rings is 1. The minimum Gasteiger partial charge on any atom is -0.493 e. The van der Waals surface area contributed by atoms with Gasteiger partial charge in [-0.2, -0.15) is 22.5 Å². The first kappa shape index (κ1) is 18.1. The Kier molecular flexibility index (Phi) is 5.71. The van der Waals surface area contributed by atoms with Crippen molar-refractivity contribution in [3.8, 4) is 11.5 Å². The largest absolute Gasteiger partial charge is 0.493 e. The van der Waals surface area contributed by atoms with E-state index in [1.807, 2.05) is 0 Å². The van der Waals surface area contributed by atoms with Crippen LogP contribution in [0, 0.1) is 23.5 Å². The Bertz CT molecular complexity index is 733. The molecular formula is C15H13ClF4N2O2. The van der Waals surface area contributed by atoms with E-state index in [0.29, 0.717) is 23.7 Å². The van der Waals surface area contributed by atoms with Crippen molar-refractivity contribution in [1.29, 1.82) is 0 Å². The molecule has 4 nitrogen and oxygen atoms in total. The fourth-order valence-electron chi connectivity index (χ4n) is 1.99. The third kappa shape index (κ3) is 3.64. The van der Waals surface area contributed by atoms with Crippen LogP contribution in [-0.2, 0) is 6.54 Å². The van der Waals surface area contributed by atoms with Crippen molar-refractivity contribution >= 4 is 17.3 Å². The van der Waals surface area contributed by atoms with Crippen LogP contribution in [0.5, 0.6) is 11.5 Å². The van der Waals surface area contributed by atoms with Crippen LogP contribution >= 0.6 is 11.6 Å². The summed E-state index contributed by atoms with van der Waals surface area (Å²) in [6, 6.07) is 3.00. The lowest BCUT2D eigenvalue weighted by molar-refractivity contribution is 0.311. The van der Waals surface area contributed by atoms with E-state index >= 15 is 0 Å². The van der Waals surface area contributed by atoms with Crippen molar-refractivity contribution in [3.05, 3.63) is 46.2 Å². The Balaban J connectivity index is 2.29. The molecule has 0 bridgehead atoms. The lowest BCUT2D eigenvalue weighted by Gasteiger charge is -2.14. The average molecular weight is 365 g/mol. The summed E-state index contributed by atoms with van der Waals surface area (Å²) in [5.74, 6) is -6.06. The molecule has 0 radical (unpaired) electrons. The van der Waals surface area contributed by atoms with Crippen molar-refractivity contribution < 1.29 is 27.0 Å². The van der Waals surface area contributed by atoms with Gasteiger partial charge in [0, 0.05) is 6.54 Å². The molecule has 0 aliphatic rings. The summed E-state index contributed by atoms with van der Waals surface area (Å²) in [5.41, 5.74) is -0.499. The number of hydrogen-bond donors (Lipinski definition) is 1. The Hall–Kier alpha value is -2.22. The summed E-state index contributed by atoms with van der Waals surface area (Å²) in [6.45, 7) is 1.96. The first-order chi connectivity index (χ1) is 11.4. The molecule has 0 unspecified atom stereocenters. The molecule has 1 heterocycles. The second-order valence-corrected chi connectivity index (χ2v) is 5.00. The smallest absolute Gasteiger partial charge is 0.253 e. The van der Waals surface area contributed by atoms with Gasteiger partial charge >= 0.3 is 0 Å². The molecule has 1 N–H and O–H groups in total. The van der Waals surface area contributed by atoms with Gasteiger partial charge < -0.3 is 14.8 Å². The van der Waals surface area contributed by atoms with Gasteiger partial charge in [0.15, 0.2) is 11.5 Å². The van der Waals surface area contributed by atoms with E-state index in [0.717, 1.165) is 0 Å². The molecule has 0 aliphatic heterocycles. The Morgan fingerprint density at radius 1 is 1.12 bits per heavy atom. The summed E-state index contributed by atoms with van der Waals surface area (Å²) in [6.07, 6.45) is 0. The highest BCUT2D eigenvalue weighted by Gasteiger charge is 2.21. The van der Waals surface area contributed by atoms with Crippen molar-refractivity contribution in [2.45, 2.75) is 13.5 Å². The lowest BCUT2D eigenvalue weighted by Crippen LogP contribution is -2.09. The number of halogens is 5. The molecule has 0 atom stereocenters. The van der Waals surface area contributed by atoms with Gasteiger partial charge in [-0.1, -0.05) is 11.6 Å². The highest BCUT2D eigenvalue weighted by Crippen LogP contribution is 2.36. The fraction of sp³-hybridized carbons (Fsp3) is 0.267. The van der Waals surface area contributed by atoms with Crippen LogP contribution < -0.4 is 14.8 Å². The van der Waals surface area contributed by atoms with Crippen LogP contribution in [0.4, 0.5) is 23.2 Å². The minimum absolute atomic E-state index is 0.167. The zero-order chi connectivity index (χ0) is 17.9. The average Bonchev–Trinajstić information content (AvgIpc) is 2.55. The maximum atomic E-state index is 13.6. The van der Waals surface area contributed by atoms with Crippen LogP contribution in [0.3, 0.4) is 0 Å². The van der Waals surface area contributed by atoms with Crippen molar-refractivity contribution in [1.82, 2.24) is 4.98 Å². The molecule has 130 valence electrons. The van der Waals surface area contributed by atoms with Crippen LogP contribution in [0.2, 0.25) is 5.02 Å². The highest BCUT2D eigenvalue weighted by atomic mass is 35.5. The summed E-state index contributed by atoms with van der Waals surface area (Å²) < 4.78 is 63.7. The number of hydrogen-bond acceptors (Lipinski definition) is 4. The third-order valence-electron chi connectivity index (χ3n) is 3.04. The Morgan fingerprint density at radius 3 is 2.29 bits per heavy atom. The predicted octanol–water partition coefficient (Wildman–Crippen LogP) is 4.31. The number of methoxy groups -OCH3 is 1. The Morgan fingerprint density at radius 2 is 1.75 bits per heavy atom. The summed E-state index contributed by atoms with van der Waals surface area (Å²) in [4.78, 5) is 2.48. The summed E-state index contributed by atoms with van der Waals surface area (Å²) in [7, 11) is 1.40. The van der Waals surface area contributed by atoms with E-state index in [2.05, 4.69) is 10.3 Å². The number of aromatic nitrogens is 1. The molecule has 0 saturated heterocycles. The number of nitrogens with one attached hydrogen (secondary N) is 1. The van der Waals surface area contributed by atoms with Gasteiger partial charge in [-0.25, -0.2) is 0 Å². The van der Waals surface area contributed by atoms with Crippen molar-refractivity contribution in [2.24, 2.45) is 0 Å². The van der Waals surface area contributed by atoms with E-state index < -0.39 is 29.2 Å². The molecule has 1 aromatic heterocycles. The molecule has 0 saturated carbocycles. The van der Waals surface area contributed by atoms with Crippen LogP contribution in [0.15, 0.2) is 12.1 Å². The zero-order valence-electron chi connectivity index (χ0n) is 12.7. The molecule has 9 heteroatoms. The number of ether oxygens (including phenoxy) is 2. The van der Waals surface area contributed by atoms with Gasteiger partial charge in [-0.3, -0.25) is 0 Å². The molecule has 0 fully saturated rings. The summed E-state index contributed by atoms with van der Waals surface area (Å²) >= 11 is 6.08. The van der Waals surface area contributed by atoms with Crippen LogP contribution in [0.25, 0.3) is 0 Å². The summed E-state index contributed by atoms with van der Waals surface area (Å²) in [5, 5.41) is 2.51. The van der Waals surface area contributed by atoms with Gasteiger partial charge in [0.05, 0.1) is 18.7 Å². The van der Waals surface area contributed by atoms with Crippen LogP contribution in [-0.4, -0.2) is 18.7 Å². The first-order valence-corrected chi connectivity index (χ1v) is 7.19. The standard InChI is InChI=1S/C15H13ClF4N2O2/c1-3-24-13-8(16)4-7(5-9(13)23-2)6-21-12-10(17)14(19)22-15(20)11(12)18/h4-5H,3,6H2,1-2H3,(H,21,22). The molecule has 2 rings (SSSR count). The maximum absolute atomic E-state index is 13.6. The lowest BCUT2D eigenvalue weighted by atomic mass is 10.2. The van der Waals surface area contributed by atoms with E-state index in [-0.39, 0.29) is 11.6 Å². The van der Waals surface area contributed by atoms with E-state index in [4.69, 9.17) is 21.1 Å². The second kappa shape index (κ2) is 7.57. The Labute approximate surface area is 140 Å². The zero-order valence-corrected chi connectivity index (χ0v) is 13.5. The van der Waals surface area contributed by atoms with Crippen molar-refractivity contribution in [3.63, 3.8) is 0 Å².